The minimum absolute atomic E-state index is 0.0122. The Kier molecular flexibility index (Phi) is 6.56. The average molecular weight is 438 g/mol. The van der Waals surface area contributed by atoms with E-state index in [-0.39, 0.29) is 22.1 Å². The van der Waals surface area contributed by atoms with Crippen LogP contribution < -0.4 is 0 Å². The van der Waals surface area contributed by atoms with Crippen molar-refractivity contribution in [3.63, 3.8) is 0 Å². The molecule has 0 unspecified atom stereocenters. The van der Waals surface area contributed by atoms with Gasteiger partial charge in [-0.25, -0.2) is 18.0 Å². The number of carbonyl (C=O) groups excluding carboxylic acids is 2. The molecule has 2 aromatic carbocycles. The van der Waals surface area contributed by atoms with Gasteiger partial charge >= 0.3 is 11.9 Å². The van der Waals surface area contributed by atoms with Crippen molar-refractivity contribution in [3.8, 4) is 0 Å². The molecule has 29 heavy (non-hydrogen) atoms. The maximum atomic E-state index is 12.7. The Bertz CT molecular complexity index is 1010. The topological polar surface area (TPSA) is 90.0 Å². The van der Waals surface area contributed by atoms with Gasteiger partial charge in [0.1, 0.15) is 6.61 Å². The molecule has 2 aromatic rings. The van der Waals surface area contributed by atoms with Gasteiger partial charge in [0.2, 0.25) is 10.0 Å². The number of benzene rings is 2. The Morgan fingerprint density at radius 1 is 1.03 bits per heavy atom. The Morgan fingerprint density at radius 2 is 1.69 bits per heavy atom. The largest absolute Gasteiger partial charge is 0.465 e. The summed E-state index contributed by atoms with van der Waals surface area (Å²) in [7, 11) is -2.38. The Morgan fingerprint density at radius 3 is 2.31 bits per heavy atom. The van der Waals surface area contributed by atoms with Crippen LogP contribution in [-0.2, 0) is 26.1 Å². The summed E-state index contributed by atoms with van der Waals surface area (Å²) in [6, 6.07) is 10.4. The highest BCUT2D eigenvalue weighted by molar-refractivity contribution is 7.89. The second-order valence-electron chi connectivity index (χ2n) is 6.52. The van der Waals surface area contributed by atoms with E-state index in [0.717, 1.165) is 12.8 Å². The van der Waals surface area contributed by atoms with Crippen LogP contribution in [0.3, 0.4) is 0 Å². The highest BCUT2D eigenvalue weighted by Crippen LogP contribution is 2.26. The summed E-state index contributed by atoms with van der Waals surface area (Å²) >= 11 is 6.09. The Balaban J connectivity index is 1.73. The molecular formula is C20H20ClNO6S. The van der Waals surface area contributed by atoms with Crippen molar-refractivity contribution in [3.05, 3.63) is 64.2 Å². The van der Waals surface area contributed by atoms with E-state index >= 15 is 0 Å². The predicted molar refractivity (Wildman–Crippen MR) is 106 cm³/mol. The molecule has 0 spiro atoms. The van der Waals surface area contributed by atoms with E-state index in [1.165, 1.54) is 29.6 Å². The van der Waals surface area contributed by atoms with Gasteiger partial charge in [0.15, 0.2) is 0 Å². The van der Waals surface area contributed by atoms with E-state index in [2.05, 4.69) is 4.74 Å². The van der Waals surface area contributed by atoms with Gasteiger partial charge in [0, 0.05) is 13.1 Å². The van der Waals surface area contributed by atoms with Crippen LogP contribution in [0.25, 0.3) is 0 Å². The zero-order valence-corrected chi connectivity index (χ0v) is 17.3. The fraction of sp³-hybridized carbons (Fsp3) is 0.300. The maximum absolute atomic E-state index is 12.7. The number of sulfonamides is 1. The van der Waals surface area contributed by atoms with Crippen LogP contribution in [-0.4, -0.2) is 44.9 Å². The predicted octanol–water partition coefficient (Wildman–Crippen LogP) is 3.27. The average Bonchev–Trinajstić information content (AvgIpc) is 3.28. The monoisotopic (exact) mass is 437 g/mol. The number of methoxy groups -OCH3 is 1. The van der Waals surface area contributed by atoms with E-state index < -0.39 is 22.0 Å². The van der Waals surface area contributed by atoms with Crippen LogP contribution in [0.1, 0.15) is 39.1 Å². The summed E-state index contributed by atoms with van der Waals surface area (Å²) in [5, 5.41) is 0.108. The van der Waals surface area contributed by atoms with Gasteiger partial charge < -0.3 is 9.47 Å². The van der Waals surface area contributed by atoms with Crippen LogP contribution in [0.15, 0.2) is 47.4 Å². The van der Waals surface area contributed by atoms with Crippen LogP contribution in [0.4, 0.5) is 0 Å². The first kappa shape index (κ1) is 21.3. The molecular weight excluding hydrogens is 418 g/mol. The van der Waals surface area contributed by atoms with Crippen molar-refractivity contribution < 1.29 is 27.5 Å². The van der Waals surface area contributed by atoms with E-state index in [9.17, 15) is 18.0 Å². The van der Waals surface area contributed by atoms with Gasteiger partial charge in [-0.1, -0.05) is 23.7 Å². The van der Waals surface area contributed by atoms with Crippen molar-refractivity contribution in [2.24, 2.45) is 0 Å². The molecule has 0 bridgehead atoms. The maximum Gasteiger partial charge on any atom is 0.340 e. The molecule has 0 atom stereocenters. The number of rotatable bonds is 6. The van der Waals surface area contributed by atoms with Crippen LogP contribution in [0.5, 0.6) is 0 Å². The zero-order valence-electron chi connectivity index (χ0n) is 15.8. The third kappa shape index (κ3) is 4.77. The first-order valence-corrected chi connectivity index (χ1v) is 10.8. The highest BCUT2D eigenvalue weighted by Gasteiger charge is 2.28. The van der Waals surface area contributed by atoms with Crippen molar-refractivity contribution in [1.29, 1.82) is 0 Å². The van der Waals surface area contributed by atoms with E-state index in [0.29, 0.717) is 24.2 Å². The number of ether oxygens (including phenoxy) is 2. The number of nitrogens with zero attached hydrogens (tertiary/aromatic N) is 1. The highest BCUT2D eigenvalue weighted by atomic mass is 35.5. The molecule has 1 fully saturated rings. The standard InChI is InChI=1S/C20H20ClNO6S/c1-27-19(23)15-6-4-14(5-7-15)13-28-20(24)17-12-16(8-9-18(17)21)29(25,26)22-10-2-3-11-22/h4-9,12H,2-3,10-11,13H2,1H3. The minimum atomic E-state index is -3.67. The number of esters is 2. The third-order valence-electron chi connectivity index (χ3n) is 4.61. The SMILES string of the molecule is COC(=O)c1ccc(COC(=O)c2cc(S(=O)(=O)N3CCCC3)ccc2Cl)cc1. The lowest BCUT2D eigenvalue weighted by Crippen LogP contribution is -2.28. The van der Waals surface area contributed by atoms with Crippen molar-refractivity contribution in [2.45, 2.75) is 24.3 Å². The second-order valence-corrected chi connectivity index (χ2v) is 8.86. The van der Waals surface area contributed by atoms with E-state index in [1.54, 1.807) is 24.3 Å². The summed E-state index contributed by atoms with van der Waals surface area (Å²) in [5.41, 5.74) is 1.02. The molecule has 0 saturated carbocycles. The zero-order chi connectivity index (χ0) is 21.0. The molecule has 0 radical (unpaired) electrons. The molecule has 154 valence electrons. The van der Waals surface area contributed by atoms with Gasteiger partial charge in [-0.3, -0.25) is 0 Å². The molecule has 0 N–H and O–H groups in total. The molecule has 9 heteroatoms. The van der Waals surface area contributed by atoms with Gasteiger partial charge in [0.05, 0.1) is 28.2 Å². The normalized spacial score (nSPS) is 14.6. The van der Waals surface area contributed by atoms with Crippen LogP contribution >= 0.6 is 11.6 Å². The summed E-state index contributed by atoms with van der Waals surface area (Å²) < 4.78 is 36.7. The van der Waals surface area contributed by atoms with Crippen molar-refractivity contribution in [2.75, 3.05) is 20.2 Å². The summed E-state index contributed by atoms with van der Waals surface area (Å²) in [6.07, 6.45) is 1.63. The molecule has 0 aliphatic carbocycles. The van der Waals surface area contributed by atoms with Gasteiger partial charge in [-0.15, -0.1) is 0 Å². The van der Waals surface area contributed by atoms with Gasteiger partial charge in [-0.05, 0) is 48.7 Å². The number of carbonyl (C=O) groups is 2. The molecule has 1 saturated heterocycles. The summed E-state index contributed by atoms with van der Waals surface area (Å²) in [4.78, 5) is 23.9. The molecule has 0 aromatic heterocycles. The summed E-state index contributed by atoms with van der Waals surface area (Å²) in [5.74, 6) is -1.19. The first-order valence-electron chi connectivity index (χ1n) is 8.97. The molecule has 7 nitrogen and oxygen atoms in total. The molecule has 0 amide bonds. The number of hydrogen-bond donors (Lipinski definition) is 0. The fourth-order valence-electron chi connectivity index (χ4n) is 2.98. The van der Waals surface area contributed by atoms with Crippen molar-refractivity contribution >= 4 is 33.6 Å². The Labute approximate surface area is 174 Å². The lowest BCUT2D eigenvalue weighted by atomic mass is 10.1. The molecule has 3 rings (SSSR count). The molecule has 1 aliphatic heterocycles. The smallest absolute Gasteiger partial charge is 0.340 e. The van der Waals surface area contributed by atoms with Gasteiger partial charge in [0.25, 0.3) is 0 Å². The lowest BCUT2D eigenvalue weighted by Gasteiger charge is -2.16. The number of halogens is 1. The van der Waals surface area contributed by atoms with Crippen LogP contribution in [0, 0.1) is 0 Å². The fourth-order valence-corrected chi connectivity index (χ4v) is 4.72. The third-order valence-corrected chi connectivity index (χ3v) is 6.83. The Hall–Kier alpha value is -2.42. The van der Waals surface area contributed by atoms with Crippen molar-refractivity contribution in [1.82, 2.24) is 4.31 Å². The number of hydrogen-bond acceptors (Lipinski definition) is 6. The van der Waals surface area contributed by atoms with Crippen LogP contribution in [0.2, 0.25) is 5.02 Å². The quantitative estimate of drug-likeness (QED) is 0.644. The first-order chi connectivity index (χ1) is 13.8. The van der Waals surface area contributed by atoms with E-state index in [4.69, 9.17) is 16.3 Å². The molecule has 1 aliphatic rings. The minimum Gasteiger partial charge on any atom is -0.465 e. The van der Waals surface area contributed by atoms with E-state index in [1.807, 2.05) is 0 Å². The van der Waals surface area contributed by atoms with Gasteiger partial charge in [-0.2, -0.15) is 4.31 Å². The second kappa shape index (κ2) is 8.94. The lowest BCUT2D eigenvalue weighted by molar-refractivity contribution is 0.0471. The molecule has 1 heterocycles. The summed E-state index contributed by atoms with van der Waals surface area (Å²) in [6.45, 7) is 0.873.